The van der Waals surface area contributed by atoms with E-state index in [1.54, 1.807) is 0 Å². The molecule has 1 aliphatic carbocycles. The highest BCUT2D eigenvalue weighted by Gasteiger charge is 2.21. The highest BCUT2D eigenvalue weighted by Crippen LogP contribution is 2.28. The van der Waals surface area contributed by atoms with Crippen molar-refractivity contribution in [1.29, 1.82) is 0 Å². The summed E-state index contributed by atoms with van der Waals surface area (Å²) in [5.41, 5.74) is 3.58. The van der Waals surface area contributed by atoms with Gasteiger partial charge in [0.2, 0.25) is 0 Å². The van der Waals surface area contributed by atoms with Gasteiger partial charge in [-0.3, -0.25) is 4.99 Å². The fourth-order valence-electron chi connectivity index (χ4n) is 3.10. The Morgan fingerprint density at radius 3 is 2.48 bits per heavy atom. The van der Waals surface area contributed by atoms with Gasteiger partial charge in [0.1, 0.15) is 0 Å². The monoisotopic (exact) mass is 395 g/mol. The van der Waals surface area contributed by atoms with Gasteiger partial charge < -0.3 is 19.7 Å². The Kier molecular flexibility index (Phi) is 8.53. The summed E-state index contributed by atoms with van der Waals surface area (Å²) in [6, 6.07) is 18.8. The van der Waals surface area contributed by atoms with Gasteiger partial charge in [0, 0.05) is 33.8 Å². The summed E-state index contributed by atoms with van der Waals surface area (Å²) in [5.74, 6) is 1.69. The molecule has 1 N–H and O–H groups in total. The van der Waals surface area contributed by atoms with E-state index in [9.17, 15) is 0 Å². The Labute approximate surface area is 174 Å². The summed E-state index contributed by atoms with van der Waals surface area (Å²) in [4.78, 5) is 6.50. The van der Waals surface area contributed by atoms with Crippen molar-refractivity contribution in [2.45, 2.75) is 32.6 Å². The molecule has 5 heteroatoms. The molecule has 0 heterocycles. The van der Waals surface area contributed by atoms with Gasteiger partial charge in [-0.1, -0.05) is 54.6 Å². The van der Waals surface area contributed by atoms with Gasteiger partial charge in [-0.25, -0.2) is 0 Å². The molecule has 1 fully saturated rings. The standard InChI is InChI=1S/C24H33N3O2/c1-25-24(27(2)13-14-28-17-21-11-12-21)26-16-22-9-6-10-23(15-22)19-29-18-20-7-4-3-5-8-20/h3-10,15,21H,11-14,16-19H2,1-2H3,(H,25,26). The van der Waals surface area contributed by atoms with E-state index in [4.69, 9.17) is 9.47 Å². The number of nitrogens with zero attached hydrogens (tertiary/aromatic N) is 2. The van der Waals surface area contributed by atoms with Crippen LogP contribution in [0, 0.1) is 5.92 Å². The zero-order valence-electron chi connectivity index (χ0n) is 17.6. The molecule has 5 nitrogen and oxygen atoms in total. The van der Waals surface area contributed by atoms with Gasteiger partial charge in [0.05, 0.1) is 19.8 Å². The number of likely N-dealkylation sites (N-methyl/N-ethyl adjacent to an activating group) is 1. The highest BCUT2D eigenvalue weighted by molar-refractivity contribution is 5.79. The van der Waals surface area contributed by atoms with Gasteiger partial charge in [0.15, 0.2) is 5.96 Å². The molecule has 2 aromatic rings. The van der Waals surface area contributed by atoms with E-state index in [1.807, 2.05) is 32.3 Å². The first-order valence-electron chi connectivity index (χ1n) is 10.4. The average Bonchev–Trinajstić information content (AvgIpc) is 3.57. The van der Waals surface area contributed by atoms with E-state index in [0.717, 1.165) is 38.2 Å². The van der Waals surface area contributed by atoms with Crippen molar-refractivity contribution in [3.8, 4) is 0 Å². The van der Waals surface area contributed by atoms with Crippen LogP contribution in [-0.2, 0) is 29.2 Å². The van der Waals surface area contributed by atoms with Gasteiger partial charge >= 0.3 is 0 Å². The Hall–Kier alpha value is -2.37. The number of benzene rings is 2. The molecular formula is C24H33N3O2. The number of nitrogens with one attached hydrogen (secondary N) is 1. The molecule has 3 rings (SSSR count). The SMILES string of the molecule is CN=C(NCc1cccc(COCc2ccccc2)c1)N(C)CCOCC1CC1. The van der Waals surface area contributed by atoms with Crippen molar-refractivity contribution < 1.29 is 9.47 Å². The van der Waals surface area contributed by atoms with E-state index in [0.29, 0.717) is 13.2 Å². The van der Waals surface area contributed by atoms with E-state index in [2.05, 4.69) is 51.6 Å². The fourth-order valence-corrected chi connectivity index (χ4v) is 3.10. The molecule has 2 aromatic carbocycles. The van der Waals surface area contributed by atoms with Gasteiger partial charge in [-0.15, -0.1) is 0 Å². The van der Waals surface area contributed by atoms with Crippen LogP contribution in [0.2, 0.25) is 0 Å². The maximum absolute atomic E-state index is 5.86. The molecule has 156 valence electrons. The number of hydrogen-bond acceptors (Lipinski definition) is 3. The summed E-state index contributed by atoms with van der Waals surface area (Å²) < 4.78 is 11.6. The minimum Gasteiger partial charge on any atom is -0.379 e. The molecule has 0 atom stereocenters. The van der Waals surface area contributed by atoms with Crippen molar-refractivity contribution >= 4 is 5.96 Å². The number of ether oxygens (including phenoxy) is 2. The normalized spacial score (nSPS) is 14.1. The van der Waals surface area contributed by atoms with Crippen LogP contribution in [0.5, 0.6) is 0 Å². The third-order valence-corrected chi connectivity index (χ3v) is 5.02. The Bertz CT molecular complexity index is 760. The molecule has 0 aromatic heterocycles. The van der Waals surface area contributed by atoms with E-state index < -0.39 is 0 Å². The van der Waals surface area contributed by atoms with Crippen molar-refractivity contribution in [2.24, 2.45) is 10.9 Å². The van der Waals surface area contributed by atoms with E-state index in [-0.39, 0.29) is 0 Å². The first-order chi connectivity index (χ1) is 14.2. The maximum atomic E-state index is 5.86. The van der Waals surface area contributed by atoms with Crippen LogP contribution in [0.4, 0.5) is 0 Å². The molecule has 0 unspecified atom stereocenters. The van der Waals surface area contributed by atoms with Crippen LogP contribution >= 0.6 is 0 Å². The molecule has 0 spiro atoms. The first kappa shape index (κ1) is 21.3. The molecule has 0 bridgehead atoms. The van der Waals surface area contributed by atoms with E-state index in [1.165, 1.54) is 29.5 Å². The maximum Gasteiger partial charge on any atom is 0.193 e. The fraction of sp³-hybridized carbons (Fsp3) is 0.458. The lowest BCUT2D eigenvalue weighted by atomic mass is 10.1. The van der Waals surface area contributed by atoms with Crippen molar-refractivity contribution in [3.63, 3.8) is 0 Å². The quantitative estimate of drug-likeness (QED) is 0.357. The lowest BCUT2D eigenvalue weighted by molar-refractivity contribution is 0.107. The molecule has 0 saturated heterocycles. The third kappa shape index (κ3) is 7.87. The summed E-state index contributed by atoms with van der Waals surface area (Å²) >= 11 is 0. The number of hydrogen-bond donors (Lipinski definition) is 1. The second-order valence-electron chi connectivity index (χ2n) is 7.64. The second-order valence-corrected chi connectivity index (χ2v) is 7.64. The Balaban J connectivity index is 1.39. The van der Waals surface area contributed by atoms with Gasteiger partial charge in [-0.2, -0.15) is 0 Å². The van der Waals surface area contributed by atoms with Crippen LogP contribution in [0.3, 0.4) is 0 Å². The van der Waals surface area contributed by atoms with Crippen molar-refractivity contribution in [1.82, 2.24) is 10.2 Å². The van der Waals surface area contributed by atoms with Gasteiger partial charge in [0.25, 0.3) is 0 Å². The minimum absolute atomic E-state index is 0.607. The zero-order chi connectivity index (χ0) is 20.3. The topological polar surface area (TPSA) is 46.1 Å². The van der Waals surface area contributed by atoms with Crippen LogP contribution < -0.4 is 5.32 Å². The molecule has 1 saturated carbocycles. The third-order valence-electron chi connectivity index (χ3n) is 5.02. The smallest absolute Gasteiger partial charge is 0.193 e. The largest absolute Gasteiger partial charge is 0.379 e. The number of rotatable bonds is 11. The summed E-state index contributed by atoms with van der Waals surface area (Å²) in [7, 11) is 3.86. The summed E-state index contributed by atoms with van der Waals surface area (Å²) in [6.07, 6.45) is 2.66. The lowest BCUT2D eigenvalue weighted by Gasteiger charge is -2.22. The molecular weight excluding hydrogens is 362 g/mol. The molecule has 0 amide bonds. The molecule has 29 heavy (non-hydrogen) atoms. The highest BCUT2D eigenvalue weighted by atomic mass is 16.5. The molecule has 0 radical (unpaired) electrons. The van der Waals surface area contributed by atoms with Gasteiger partial charge in [-0.05, 0) is 35.4 Å². The van der Waals surface area contributed by atoms with Crippen LogP contribution in [0.25, 0.3) is 0 Å². The summed E-state index contributed by atoms with van der Waals surface area (Å²) in [6.45, 7) is 4.44. The number of guanidine groups is 1. The van der Waals surface area contributed by atoms with Crippen LogP contribution in [-0.4, -0.2) is 44.7 Å². The minimum atomic E-state index is 0.607. The first-order valence-corrected chi connectivity index (χ1v) is 10.4. The average molecular weight is 396 g/mol. The second kappa shape index (κ2) is 11.6. The Morgan fingerprint density at radius 2 is 1.72 bits per heavy atom. The van der Waals surface area contributed by atoms with E-state index >= 15 is 0 Å². The van der Waals surface area contributed by atoms with Crippen molar-refractivity contribution in [3.05, 3.63) is 71.3 Å². The van der Waals surface area contributed by atoms with Crippen molar-refractivity contribution in [2.75, 3.05) is 33.9 Å². The van der Waals surface area contributed by atoms with Crippen LogP contribution in [0.15, 0.2) is 59.6 Å². The number of aliphatic imine (C=N–C) groups is 1. The predicted octanol–water partition coefficient (Wildman–Crippen LogP) is 3.84. The molecule has 0 aliphatic heterocycles. The predicted molar refractivity (Wildman–Crippen MR) is 118 cm³/mol. The lowest BCUT2D eigenvalue weighted by Crippen LogP contribution is -2.40. The Morgan fingerprint density at radius 1 is 1.00 bits per heavy atom. The van der Waals surface area contributed by atoms with Crippen LogP contribution in [0.1, 0.15) is 29.5 Å². The molecule has 1 aliphatic rings. The summed E-state index contributed by atoms with van der Waals surface area (Å²) in [5, 5.41) is 3.44. The zero-order valence-corrected chi connectivity index (χ0v) is 17.6.